The number of hydrogen-bond acceptors (Lipinski definition) is 3. The van der Waals surface area contributed by atoms with E-state index in [0.29, 0.717) is 0 Å². The zero-order chi connectivity index (χ0) is 13.2. The van der Waals surface area contributed by atoms with Crippen molar-refractivity contribution in [3.05, 3.63) is 35.6 Å². The van der Waals surface area contributed by atoms with Gasteiger partial charge in [-0.2, -0.15) is 0 Å². The molecule has 0 saturated heterocycles. The van der Waals surface area contributed by atoms with Crippen LogP contribution in [0.25, 0.3) is 0 Å². The Labute approximate surface area is 131 Å². The summed E-state index contributed by atoms with van der Waals surface area (Å²) in [6.07, 6.45) is 0. The predicted molar refractivity (Wildman–Crippen MR) is 87.8 cm³/mol. The van der Waals surface area contributed by atoms with Gasteiger partial charge in [-0.05, 0) is 17.7 Å². The van der Waals surface area contributed by atoms with Crippen LogP contribution in [0.5, 0.6) is 0 Å². The molecule has 106 valence electrons. The van der Waals surface area contributed by atoms with Crippen LogP contribution in [-0.4, -0.2) is 37.5 Å². The Morgan fingerprint density at radius 3 is 2.74 bits per heavy atom. The highest BCUT2D eigenvalue weighted by molar-refractivity contribution is 14.0. The summed E-state index contributed by atoms with van der Waals surface area (Å²) in [4.78, 5) is 6.49. The molecule has 1 aromatic rings. The van der Waals surface area contributed by atoms with Crippen molar-refractivity contribution in [3.63, 3.8) is 0 Å². The van der Waals surface area contributed by atoms with Gasteiger partial charge in [-0.1, -0.05) is 26.0 Å². The number of halogens is 2. The Bertz CT molecular complexity index is 460. The number of likely N-dealkylation sites (N-methyl/N-ethyl adjacent to an activating group) is 1. The standard InChI is InChI=1S/C14H20FN3.HI/c1-14(2,11-5-4-6-12(15)9-11)10-17-13-16-7-8-18(13)3;/h4-6,9H,7-8,10H2,1-3H3,(H,16,17);1H. The van der Waals surface area contributed by atoms with Crippen LogP contribution in [0.4, 0.5) is 4.39 Å². The summed E-state index contributed by atoms with van der Waals surface area (Å²) < 4.78 is 13.2. The molecule has 0 spiro atoms. The number of hydrogen-bond donors (Lipinski definition) is 1. The van der Waals surface area contributed by atoms with Crippen LogP contribution in [0.3, 0.4) is 0 Å². The molecule has 0 saturated carbocycles. The van der Waals surface area contributed by atoms with Gasteiger partial charge in [-0.15, -0.1) is 24.0 Å². The van der Waals surface area contributed by atoms with Crippen molar-refractivity contribution in [3.8, 4) is 0 Å². The number of benzene rings is 1. The molecule has 1 N–H and O–H groups in total. The Hall–Kier alpha value is -0.850. The molecule has 2 rings (SSSR count). The first-order valence-corrected chi connectivity index (χ1v) is 6.24. The third-order valence-electron chi connectivity index (χ3n) is 3.35. The summed E-state index contributed by atoms with van der Waals surface area (Å²) in [5, 5.41) is 3.34. The van der Waals surface area contributed by atoms with Gasteiger partial charge < -0.3 is 10.2 Å². The van der Waals surface area contributed by atoms with Crippen molar-refractivity contribution < 1.29 is 4.39 Å². The van der Waals surface area contributed by atoms with Crippen LogP contribution in [-0.2, 0) is 5.41 Å². The predicted octanol–water partition coefficient (Wildman–Crippen LogP) is 2.61. The summed E-state index contributed by atoms with van der Waals surface area (Å²) in [5.74, 6) is 0.746. The van der Waals surface area contributed by atoms with E-state index in [1.165, 1.54) is 6.07 Å². The summed E-state index contributed by atoms with van der Waals surface area (Å²) >= 11 is 0. The van der Waals surface area contributed by atoms with Crippen molar-refractivity contribution in [2.45, 2.75) is 19.3 Å². The molecular weight excluding hydrogens is 356 g/mol. The van der Waals surface area contributed by atoms with Gasteiger partial charge in [0.05, 0.1) is 6.54 Å². The van der Waals surface area contributed by atoms with Gasteiger partial charge in [0.2, 0.25) is 0 Å². The molecule has 1 aliphatic heterocycles. The summed E-state index contributed by atoms with van der Waals surface area (Å²) in [5.41, 5.74) is 0.866. The quantitative estimate of drug-likeness (QED) is 0.821. The van der Waals surface area contributed by atoms with Crippen molar-refractivity contribution in [2.24, 2.45) is 4.99 Å². The third-order valence-corrected chi connectivity index (χ3v) is 3.35. The van der Waals surface area contributed by atoms with Gasteiger partial charge in [0.25, 0.3) is 0 Å². The second kappa shape index (κ2) is 6.54. The Balaban J connectivity index is 0.00000180. The molecule has 0 amide bonds. The summed E-state index contributed by atoms with van der Waals surface area (Å²) in [7, 11) is 2.02. The zero-order valence-electron chi connectivity index (χ0n) is 11.6. The minimum Gasteiger partial charge on any atom is -0.355 e. The first-order valence-electron chi connectivity index (χ1n) is 6.24. The number of nitrogens with zero attached hydrogens (tertiary/aromatic N) is 2. The Morgan fingerprint density at radius 2 is 2.16 bits per heavy atom. The molecule has 0 aromatic heterocycles. The van der Waals surface area contributed by atoms with Gasteiger partial charge in [-0.25, -0.2) is 4.39 Å². The SMILES string of the molecule is CN1CCN=C1NCC(C)(C)c1cccc(F)c1.I. The van der Waals surface area contributed by atoms with Crippen LogP contribution in [0.2, 0.25) is 0 Å². The third kappa shape index (κ3) is 4.06. The van der Waals surface area contributed by atoms with E-state index in [-0.39, 0.29) is 35.2 Å². The van der Waals surface area contributed by atoms with Crippen LogP contribution in [0.1, 0.15) is 19.4 Å². The minimum absolute atomic E-state index is 0. The van der Waals surface area contributed by atoms with E-state index in [2.05, 4.69) is 29.1 Å². The lowest BCUT2D eigenvalue weighted by Crippen LogP contribution is -2.42. The lowest BCUT2D eigenvalue weighted by Gasteiger charge is -2.27. The van der Waals surface area contributed by atoms with Gasteiger partial charge in [-0.3, -0.25) is 4.99 Å². The fourth-order valence-electron chi connectivity index (χ4n) is 2.03. The number of guanidine groups is 1. The molecule has 0 aliphatic carbocycles. The monoisotopic (exact) mass is 377 g/mol. The fraction of sp³-hybridized carbons (Fsp3) is 0.500. The molecule has 5 heteroatoms. The molecule has 1 aliphatic rings. The molecular formula is C14H21FIN3. The van der Waals surface area contributed by atoms with E-state index >= 15 is 0 Å². The number of nitrogens with one attached hydrogen (secondary N) is 1. The Kier molecular flexibility index (Phi) is 5.58. The second-order valence-electron chi connectivity index (χ2n) is 5.37. The second-order valence-corrected chi connectivity index (χ2v) is 5.37. The van der Waals surface area contributed by atoms with Crippen LogP contribution in [0, 0.1) is 5.82 Å². The molecule has 3 nitrogen and oxygen atoms in total. The van der Waals surface area contributed by atoms with E-state index in [4.69, 9.17) is 0 Å². The molecule has 0 atom stereocenters. The molecule has 0 bridgehead atoms. The molecule has 0 fully saturated rings. The van der Waals surface area contributed by atoms with E-state index in [1.807, 2.05) is 13.1 Å². The maximum absolute atomic E-state index is 13.2. The van der Waals surface area contributed by atoms with Crippen molar-refractivity contribution >= 4 is 29.9 Å². The smallest absolute Gasteiger partial charge is 0.193 e. The summed E-state index contributed by atoms with van der Waals surface area (Å²) in [6.45, 7) is 6.75. The highest BCUT2D eigenvalue weighted by atomic mass is 127. The lowest BCUT2D eigenvalue weighted by atomic mass is 9.84. The first-order chi connectivity index (χ1) is 8.49. The fourth-order valence-corrected chi connectivity index (χ4v) is 2.03. The van der Waals surface area contributed by atoms with Crippen LogP contribution < -0.4 is 5.32 Å². The maximum atomic E-state index is 13.2. The number of aliphatic imine (C=N–C) groups is 1. The van der Waals surface area contributed by atoms with Crippen LogP contribution in [0.15, 0.2) is 29.3 Å². The zero-order valence-corrected chi connectivity index (χ0v) is 13.9. The van der Waals surface area contributed by atoms with Gasteiger partial charge in [0.15, 0.2) is 5.96 Å². The van der Waals surface area contributed by atoms with Gasteiger partial charge in [0, 0.05) is 25.6 Å². The number of rotatable bonds is 3. The molecule has 1 heterocycles. The highest BCUT2D eigenvalue weighted by Crippen LogP contribution is 2.22. The molecule has 0 radical (unpaired) electrons. The van der Waals surface area contributed by atoms with Crippen molar-refractivity contribution in [1.82, 2.24) is 10.2 Å². The van der Waals surface area contributed by atoms with E-state index in [0.717, 1.165) is 31.2 Å². The summed E-state index contributed by atoms with van der Waals surface area (Å²) in [6, 6.07) is 6.79. The van der Waals surface area contributed by atoms with Crippen LogP contribution >= 0.6 is 24.0 Å². The largest absolute Gasteiger partial charge is 0.355 e. The average Bonchev–Trinajstić information content (AvgIpc) is 2.72. The molecule has 0 unspecified atom stereocenters. The minimum atomic E-state index is -0.184. The first kappa shape index (κ1) is 16.2. The molecule has 19 heavy (non-hydrogen) atoms. The Morgan fingerprint density at radius 1 is 1.42 bits per heavy atom. The van der Waals surface area contributed by atoms with Gasteiger partial charge in [0.1, 0.15) is 5.82 Å². The molecule has 1 aromatic carbocycles. The van der Waals surface area contributed by atoms with E-state index < -0.39 is 0 Å². The van der Waals surface area contributed by atoms with Crippen molar-refractivity contribution in [1.29, 1.82) is 0 Å². The van der Waals surface area contributed by atoms with E-state index in [1.54, 1.807) is 12.1 Å². The van der Waals surface area contributed by atoms with Gasteiger partial charge >= 0.3 is 0 Å². The van der Waals surface area contributed by atoms with E-state index in [9.17, 15) is 4.39 Å². The lowest BCUT2D eigenvalue weighted by molar-refractivity contribution is 0.478. The normalized spacial score (nSPS) is 14.9. The van der Waals surface area contributed by atoms with Crippen molar-refractivity contribution in [2.75, 3.05) is 26.7 Å². The average molecular weight is 377 g/mol. The highest BCUT2D eigenvalue weighted by Gasteiger charge is 2.23. The maximum Gasteiger partial charge on any atom is 0.193 e. The topological polar surface area (TPSA) is 27.6 Å².